The van der Waals surface area contributed by atoms with Gasteiger partial charge in [0.2, 0.25) is 21.9 Å². The summed E-state index contributed by atoms with van der Waals surface area (Å²) in [7, 11) is -3.47. The van der Waals surface area contributed by atoms with E-state index < -0.39 is 10.0 Å². The number of nitrogens with zero attached hydrogens (tertiary/aromatic N) is 3. The van der Waals surface area contributed by atoms with Crippen LogP contribution in [0.3, 0.4) is 0 Å². The molecule has 1 saturated heterocycles. The fraction of sp³-hybridized carbons (Fsp3) is 0.345. The van der Waals surface area contributed by atoms with Crippen LogP contribution in [-0.2, 0) is 10.0 Å². The summed E-state index contributed by atoms with van der Waals surface area (Å²) in [5.74, 6) is 1.65. The van der Waals surface area contributed by atoms with Gasteiger partial charge >= 0.3 is 0 Å². The molecule has 0 aliphatic carbocycles. The van der Waals surface area contributed by atoms with E-state index in [4.69, 9.17) is 9.72 Å². The van der Waals surface area contributed by atoms with Crippen molar-refractivity contribution in [2.45, 2.75) is 46.1 Å². The fourth-order valence-corrected chi connectivity index (χ4v) is 6.06. The van der Waals surface area contributed by atoms with Crippen LogP contribution in [0.1, 0.15) is 37.3 Å². The van der Waals surface area contributed by atoms with Gasteiger partial charge in [0.05, 0.1) is 22.7 Å². The second-order valence-electron chi connectivity index (χ2n) is 9.90. The maximum atomic E-state index is 12.6. The van der Waals surface area contributed by atoms with Crippen molar-refractivity contribution in [3.63, 3.8) is 0 Å². The van der Waals surface area contributed by atoms with Crippen LogP contribution in [0.15, 0.2) is 54.9 Å². The summed E-state index contributed by atoms with van der Waals surface area (Å²) in [6.07, 6.45) is 6.13. The molecule has 1 aliphatic heterocycles. The molecule has 2 aromatic carbocycles. The summed E-state index contributed by atoms with van der Waals surface area (Å²) in [5, 5.41) is 8.39. The highest BCUT2D eigenvalue weighted by Crippen LogP contribution is 2.40. The predicted molar refractivity (Wildman–Crippen MR) is 156 cm³/mol. The minimum atomic E-state index is -3.47. The minimum absolute atomic E-state index is 0.0579. The third kappa shape index (κ3) is 6.12. The van der Waals surface area contributed by atoms with Crippen LogP contribution < -0.4 is 20.1 Å². The van der Waals surface area contributed by atoms with Crippen molar-refractivity contribution in [3.8, 4) is 22.9 Å². The van der Waals surface area contributed by atoms with Gasteiger partial charge in [-0.25, -0.2) is 23.4 Å². The molecule has 3 heterocycles. The normalized spacial score (nSPS) is 15.7. The van der Waals surface area contributed by atoms with Crippen LogP contribution in [0.5, 0.6) is 11.6 Å². The van der Waals surface area contributed by atoms with Gasteiger partial charge in [0, 0.05) is 35.8 Å². The molecule has 0 unspecified atom stereocenters. The molecule has 9 nitrogen and oxygen atoms in total. The van der Waals surface area contributed by atoms with Crippen LogP contribution in [0.25, 0.3) is 22.0 Å². The number of fused-ring (bicyclic) bond motifs is 1. The molecular weight excluding hydrogens is 512 g/mol. The van der Waals surface area contributed by atoms with Gasteiger partial charge in [-0.1, -0.05) is 31.2 Å². The van der Waals surface area contributed by atoms with E-state index in [9.17, 15) is 8.42 Å². The number of aryl methyl sites for hydroxylation is 2. The summed E-state index contributed by atoms with van der Waals surface area (Å²) in [4.78, 5) is 13.7. The topological polar surface area (TPSA) is 118 Å². The second kappa shape index (κ2) is 11.5. The highest BCUT2D eigenvalue weighted by Gasteiger charge is 2.19. The zero-order valence-electron chi connectivity index (χ0n) is 22.5. The van der Waals surface area contributed by atoms with Crippen LogP contribution in [0, 0.1) is 13.8 Å². The zero-order valence-corrected chi connectivity index (χ0v) is 23.3. The summed E-state index contributed by atoms with van der Waals surface area (Å²) in [5.41, 5.74) is 3.74. The zero-order chi connectivity index (χ0) is 27.4. The second-order valence-corrected chi connectivity index (χ2v) is 11.7. The number of hydrogen-bond acceptors (Lipinski definition) is 8. The number of anilines is 2. The first-order chi connectivity index (χ1) is 18.8. The Bertz CT molecular complexity index is 1590. The van der Waals surface area contributed by atoms with E-state index in [-0.39, 0.29) is 11.8 Å². The van der Waals surface area contributed by atoms with E-state index in [2.05, 4.69) is 25.3 Å². The lowest BCUT2D eigenvalue weighted by Gasteiger charge is -2.23. The van der Waals surface area contributed by atoms with Crippen molar-refractivity contribution >= 4 is 32.4 Å². The first kappa shape index (κ1) is 26.8. The Morgan fingerprint density at radius 1 is 1.03 bits per heavy atom. The molecule has 39 heavy (non-hydrogen) atoms. The van der Waals surface area contributed by atoms with Gasteiger partial charge in [0.1, 0.15) is 5.75 Å². The number of aromatic nitrogens is 3. The molecule has 10 heteroatoms. The van der Waals surface area contributed by atoms with Crippen molar-refractivity contribution in [3.05, 3.63) is 66.0 Å². The number of benzene rings is 2. The number of piperidine rings is 1. The molecular formula is C29H34N6O3S. The van der Waals surface area contributed by atoms with Crippen LogP contribution in [0.4, 0.5) is 11.6 Å². The van der Waals surface area contributed by atoms with Gasteiger partial charge in [-0.05, 0) is 69.0 Å². The van der Waals surface area contributed by atoms with E-state index in [1.54, 1.807) is 12.4 Å². The standard InChI is InChI=1S/C29H34N6O3S/c1-4-17-39(36,37)35-26-19(2)9-12-23-22(26)11-10-20(3)27(23)38-28-24(8-6-15-31-28)25-13-16-32-29(34-25)33-21-7-5-14-30-18-21/h6,8-13,15-16,21,30,35H,4-5,7,14,17-18H2,1-3H3,(H,32,33,34)/t21-/m0/s1. The number of hydrogen-bond donors (Lipinski definition) is 3. The van der Waals surface area contributed by atoms with Gasteiger partial charge in [-0.15, -0.1) is 0 Å². The Morgan fingerprint density at radius 2 is 1.85 bits per heavy atom. The molecule has 0 amide bonds. The first-order valence-electron chi connectivity index (χ1n) is 13.3. The van der Waals surface area contributed by atoms with Crippen molar-refractivity contribution < 1.29 is 13.2 Å². The lowest BCUT2D eigenvalue weighted by atomic mass is 10.0. The van der Waals surface area contributed by atoms with Gasteiger partial charge in [-0.3, -0.25) is 4.72 Å². The van der Waals surface area contributed by atoms with E-state index in [0.29, 0.717) is 35.4 Å². The number of ether oxygens (including phenoxy) is 1. The summed E-state index contributed by atoms with van der Waals surface area (Å²) >= 11 is 0. The Balaban J connectivity index is 1.51. The van der Waals surface area contributed by atoms with Crippen molar-refractivity contribution in [2.24, 2.45) is 0 Å². The van der Waals surface area contributed by atoms with Crippen LogP contribution in [0.2, 0.25) is 0 Å². The average molecular weight is 547 g/mol. The third-order valence-corrected chi connectivity index (χ3v) is 8.28. The number of sulfonamides is 1. The quantitative estimate of drug-likeness (QED) is 0.255. The van der Waals surface area contributed by atoms with E-state index in [0.717, 1.165) is 53.4 Å². The molecule has 0 bridgehead atoms. The molecule has 4 aromatic rings. The predicted octanol–water partition coefficient (Wildman–Crippen LogP) is 5.42. The van der Waals surface area contributed by atoms with Gasteiger partial charge in [0.25, 0.3) is 0 Å². The Labute approximate surface area is 229 Å². The molecule has 1 fully saturated rings. The monoisotopic (exact) mass is 546 g/mol. The van der Waals surface area contributed by atoms with Gasteiger partial charge in [-0.2, -0.15) is 0 Å². The SMILES string of the molecule is CCCS(=O)(=O)Nc1c(C)ccc2c(Oc3ncccc3-c3ccnc(N[C@H]4CCCNC4)n3)c(C)ccc12. The van der Waals surface area contributed by atoms with E-state index >= 15 is 0 Å². The maximum absolute atomic E-state index is 12.6. The molecule has 2 aromatic heterocycles. The van der Waals surface area contributed by atoms with Gasteiger partial charge < -0.3 is 15.4 Å². The van der Waals surface area contributed by atoms with Gasteiger partial charge in [0.15, 0.2) is 0 Å². The molecule has 1 aliphatic rings. The highest BCUT2D eigenvalue weighted by molar-refractivity contribution is 7.92. The summed E-state index contributed by atoms with van der Waals surface area (Å²) in [6.45, 7) is 7.62. The summed E-state index contributed by atoms with van der Waals surface area (Å²) in [6, 6.07) is 13.6. The molecule has 204 valence electrons. The molecule has 0 saturated carbocycles. The van der Waals surface area contributed by atoms with Crippen molar-refractivity contribution in [1.82, 2.24) is 20.3 Å². The molecule has 0 spiro atoms. The lowest BCUT2D eigenvalue weighted by molar-refractivity contribution is 0.466. The highest BCUT2D eigenvalue weighted by atomic mass is 32.2. The number of nitrogens with one attached hydrogen (secondary N) is 3. The van der Waals surface area contributed by atoms with Crippen molar-refractivity contribution in [2.75, 3.05) is 28.9 Å². The first-order valence-corrected chi connectivity index (χ1v) is 15.0. The Morgan fingerprint density at radius 3 is 2.64 bits per heavy atom. The minimum Gasteiger partial charge on any atom is -0.437 e. The van der Waals surface area contributed by atoms with Crippen LogP contribution in [-0.4, -0.2) is 48.3 Å². The molecule has 3 N–H and O–H groups in total. The Kier molecular flexibility index (Phi) is 7.94. The molecule has 5 rings (SSSR count). The fourth-order valence-electron chi connectivity index (χ4n) is 4.84. The Hall–Kier alpha value is -3.76. The largest absolute Gasteiger partial charge is 0.437 e. The number of pyridine rings is 1. The van der Waals surface area contributed by atoms with E-state index in [1.807, 2.05) is 63.2 Å². The lowest BCUT2D eigenvalue weighted by Crippen LogP contribution is -2.38. The van der Waals surface area contributed by atoms with Crippen molar-refractivity contribution in [1.29, 1.82) is 0 Å². The smallest absolute Gasteiger partial charge is 0.232 e. The maximum Gasteiger partial charge on any atom is 0.232 e. The van der Waals surface area contributed by atoms with E-state index in [1.165, 1.54) is 0 Å². The average Bonchev–Trinajstić information content (AvgIpc) is 2.92. The number of rotatable bonds is 9. The third-order valence-electron chi connectivity index (χ3n) is 6.82. The molecule has 0 radical (unpaired) electrons. The molecule has 1 atom stereocenters. The van der Waals surface area contributed by atoms with Crippen LogP contribution >= 0.6 is 0 Å². The summed E-state index contributed by atoms with van der Waals surface area (Å²) < 4.78 is 34.5.